The van der Waals surface area contributed by atoms with Gasteiger partial charge in [0, 0.05) is 31.2 Å². The van der Waals surface area contributed by atoms with Crippen LogP contribution in [0.3, 0.4) is 0 Å². The van der Waals surface area contributed by atoms with Crippen LogP contribution in [0.4, 0.5) is 8.78 Å². The minimum absolute atomic E-state index is 0.120. The van der Waals surface area contributed by atoms with Gasteiger partial charge in [-0.05, 0) is 18.6 Å². The summed E-state index contributed by atoms with van der Waals surface area (Å²) in [5, 5.41) is 6.25. The van der Waals surface area contributed by atoms with Crippen molar-refractivity contribution < 1.29 is 8.78 Å². The molecule has 0 aromatic heterocycles. The van der Waals surface area contributed by atoms with Crippen LogP contribution in [0.15, 0.2) is 12.1 Å². The number of hydrogen-bond acceptors (Lipinski definition) is 2. The molecule has 2 nitrogen and oxygen atoms in total. The van der Waals surface area contributed by atoms with E-state index in [1.165, 1.54) is 12.1 Å². The standard InChI is InChI=1S/C13H20F2N2/c1-9(2)17-7-6-16-8-11-12(14)5-4-10(3)13(11)15/h4-5,9,16-17H,6-8H2,1-3H3. The minimum atomic E-state index is -0.489. The van der Waals surface area contributed by atoms with Gasteiger partial charge in [-0.1, -0.05) is 19.9 Å². The van der Waals surface area contributed by atoms with Crippen LogP contribution >= 0.6 is 0 Å². The Morgan fingerprint density at radius 1 is 1.18 bits per heavy atom. The molecule has 0 unspecified atom stereocenters. The van der Waals surface area contributed by atoms with Gasteiger partial charge >= 0.3 is 0 Å². The van der Waals surface area contributed by atoms with Crippen molar-refractivity contribution in [1.29, 1.82) is 0 Å². The molecule has 0 saturated carbocycles. The first-order valence-electron chi connectivity index (χ1n) is 5.90. The maximum Gasteiger partial charge on any atom is 0.133 e. The number of hydrogen-bond donors (Lipinski definition) is 2. The van der Waals surface area contributed by atoms with Crippen molar-refractivity contribution in [3.8, 4) is 0 Å². The van der Waals surface area contributed by atoms with Crippen molar-refractivity contribution in [2.24, 2.45) is 0 Å². The number of halogens is 2. The molecular weight excluding hydrogens is 222 g/mol. The maximum absolute atomic E-state index is 13.6. The predicted molar refractivity (Wildman–Crippen MR) is 65.9 cm³/mol. The highest BCUT2D eigenvalue weighted by Crippen LogP contribution is 2.15. The lowest BCUT2D eigenvalue weighted by Gasteiger charge is -2.10. The minimum Gasteiger partial charge on any atom is -0.313 e. The number of benzene rings is 1. The second-order valence-corrected chi connectivity index (χ2v) is 4.44. The molecule has 0 amide bonds. The summed E-state index contributed by atoms with van der Waals surface area (Å²) in [6.07, 6.45) is 0. The highest BCUT2D eigenvalue weighted by atomic mass is 19.1. The fourth-order valence-corrected chi connectivity index (χ4v) is 1.54. The van der Waals surface area contributed by atoms with Crippen molar-refractivity contribution in [3.05, 3.63) is 34.9 Å². The molecule has 0 aliphatic heterocycles. The Morgan fingerprint density at radius 3 is 2.53 bits per heavy atom. The van der Waals surface area contributed by atoms with E-state index < -0.39 is 11.6 Å². The van der Waals surface area contributed by atoms with Crippen LogP contribution in [0.5, 0.6) is 0 Å². The van der Waals surface area contributed by atoms with Crippen LogP contribution in [-0.4, -0.2) is 19.1 Å². The van der Waals surface area contributed by atoms with Crippen LogP contribution in [0.2, 0.25) is 0 Å². The van der Waals surface area contributed by atoms with E-state index in [0.717, 1.165) is 6.54 Å². The zero-order chi connectivity index (χ0) is 12.8. The van der Waals surface area contributed by atoms with Crippen molar-refractivity contribution in [1.82, 2.24) is 10.6 Å². The molecule has 17 heavy (non-hydrogen) atoms. The molecule has 2 N–H and O–H groups in total. The Balaban J connectivity index is 2.44. The van der Waals surface area contributed by atoms with Gasteiger partial charge in [-0.3, -0.25) is 0 Å². The Labute approximate surface area is 101 Å². The molecule has 0 saturated heterocycles. The molecule has 0 spiro atoms. The molecule has 96 valence electrons. The quantitative estimate of drug-likeness (QED) is 0.748. The van der Waals surface area contributed by atoms with E-state index in [1.807, 2.05) is 0 Å². The molecule has 1 aromatic rings. The zero-order valence-electron chi connectivity index (χ0n) is 10.6. The molecule has 0 fully saturated rings. The van der Waals surface area contributed by atoms with Gasteiger partial charge in [0.15, 0.2) is 0 Å². The summed E-state index contributed by atoms with van der Waals surface area (Å²) in [6, 6.07) is 3.18. The second kappa shape index (κ2) is 6.67. The van der Waals surface area contributed by atoms with Gasteiger partial charge in [-0.25, -0.2) is 8.78 Å². The normalized spacial score (nSPS) is 11.2. The molecule has 1 aromatic carbocycles. The number of aryl methyl sites for hydroxylation is 1. The lowest BCUT2D eigenvalue weighted by molar-refractivity contribution is 0.516. The summed E-state index contributed by atoms with van der Waals surface area (Å²) in [5.74, 6) is -0.938. The molecule has 0 radical (unpaired) electrons. The summed E-state index contributed by atoms with van der Waals surface area (Å²) >= 11 is 0. The molecule has 0 aliphatic carbocycles. The maximum atomic E-state index is 13.6. The van der Waals surface area contributed by atoms with E-state index in [9.17, 15) is 8.78 Å². The van der Waals surface area contributed by atoms with E-state index in [-0.39, 0.29) is 12.1 Å². The lowest BCUT2D eigenvalue weighted by Crippen LogP contribution is -2.31. The molecule has 0 bridgehead atoms. The van der Waals surface area contributed by atoms with Gasteiger partial charge < -0.3 is 10.6 Å². The van der Waals surface area contributed by atoms with E-state index in [1.54, 1.807) is 6.92 Å². The van der Waals surface area contributed by atoms with Crippen LogP contribution in [-0.2, 0) is 6.54 Å². The summed E-state index contributed by atoms with van der Waals surface area (Å²) < 4.78 is 27.0. The Morgan fingerprint density at radius 2 is 1.88 bits per heavy atom. The molecule has 4 heteroatoms. The third kappa shape index (κ3) is 4.40. The monoisotopic (exact) mass is 242 g/mol. The predicted octanol–water partition coefficient (Wildman–Crippen LogP) is 2.36. The first-order valence-corrected chi connectivity index (χ1v) is 5.90. The first kappa shape index (κ1) is 14.1. The third-order valence-electron chi connectivity index (χ3n) is 2.54. The topological polar surface area (TPSA) is 24.1 Å². The van der Waals surface area contributed by atoms with Gasteiger partial charge in [0.05, 0.1) is 0 Å². The summed E-state index contributed by atoms with van der Waals surface area (Å²) in [6.45, 7) is 7.44. The lowest BCUT2D eigenvalue weighted by atomic mass is 10.1. The smallest absolute Gasteiger partial charge is 0.133 e. The molecule has 1 rings (SSSR count). The van der Waals surface area contributed by atoms with Crippen LogP contribution < -0.4 is 10.6 Å². The number of rotatable bonds is 6. The average Bonchev–Trinajstić information content (AvgIpc) is 2.27. The zero-order valence-corrected chi connectivity index (χ0v) is 10.6. The first-order chi connectivity index (χ1) is 8.02. The van der Waals surface area contributed by atoms with Gasteiger partial charge in [0.2, 0.25) is 0 Å². The fourth-order valence-electron chi connectivity index (χ4n) is 1.54. The van der Waals surface area contributed by atoms with Gasteiger partial charge in [-0.2, -0.15) is 0 Å². The highest BCUT2D eigenvalue weighted by Gasteiger charge is 2.10. The van der Waals surface area contributed by atoms with E-state index >= 15 is 0 Å². The SMILES string of the molecule is Cc1ccc(F)c(CNCCNC(C)C)c1F. The van der Waals surface area contributed by atoms with Crippen LogP contribution in [0.25, 0.3) is 0 Å². The Hall–Kier alpha value is -1.00. The third-order valence-corrected chi connectivity index (χ3v) is 2.54. The number of nitrogens with one attached hydrogen (secondary N) is 2. The van der Waals surface area contributed by atoms with E-state index in [4.69, 9.17) is 0 Å². The molecule has 0 aliphatic rings. The van der Waals surface area contributed by atoms with Gasteiger partial charge in [0.1, 0.15) is 11.6 Å². The van der Waals surface area contributed by atoms with Crippen molar-refractivity contribution >= 4 is 0 Å². The second-order valence-electron chi connectivity index (χ2n) is 4.44. The summed E-state index contributed by atoms with van der Waals surface area (Å²) in [4.78, 5) is 0. The average molecular weight is 242 g/mol. The van der Waals surface area contributed by atoms with Crippen molar-refractivity contribution in [2.75, 3.05) is 13.1 Å². The van der Waals surface area contributed by atoms with Gasteiger partial charge in [0.25, 0.3) is 0 Å². The largest absolute Gasteiger partial charge is 0.313 e. The molecule has 0 heterocycles. The summed E-state index contributed by atoms with van der Waals surface area (Å²) in [5.41, 5.74) is 0.595. The molecular formula is C13H20F2N2. The van der Waals surface area contributed by atoms with E-state index in [0.29, 0.717) is 18.2 Å². The summed E-state index contributed by atoms with van der Waals surface area (Å²) in [7, 11) is 0. The Bertz CT molecular complexity index is 365. The van der Waals surface area contributed by atoms with Crippen LogP contribution in [0, 0.1) is 18.6 Å². The molecule has 0 atom stereocenters. The van der Waals surface area contributed by atoms with Crippen molar-refractivity contribution in [2.45, 2.75) is 33.4 Å². The van der Waals surface area contributed by atoms with Crippen molar-refractivity contribution in [3.63, 3.8) is 0 Å². The van der Waals surface area contributed by atoms with Crippen LogP contribution in [0.1, 0.15) is 25.0 Å². The Kier molecular flexibility index (Phi) is 5.51. The fraction of sp³-hybridized carbons (Fsp3) is 0.538. The van der Waals surface area contributed by atoms with E-state index in [2.05, 4.69) is 24.5 Å². The highest BCUT2D eigenvalue weighted by molar-refractivity contribution is 5.26. The van der Waals surface area contributed by atoms with Gasteiger partial charge in [-0.15, -0.1) is 0 Å².